The lowest BCUT2D eigenvalue weighted by molar-refractivity contribution is 0.408. The summed E-state index contributed by atoms with van der Waals surface area (Å²) in [5, 5.41) is 1.68. The third kappa shape index (κ3) is 2.14. The van der Waals surface area contributed by atoms with E-state index in [1.807, 2.05) is 6.92 Å². The van der Waals surface area contributed by atoms with Gasteiger partial charge in [-0.2, -0.15) is 4.31 Å². The highest BCUT2D eigenvalue weighted by Gasteiger charge is 2.32. The molecule has 0 N–H and O–H groups in total. The van der Waals surface area contributed by atoms with Crippen LogP contribution in [0, 0.1) is 0 Å². The minimum absolute atomic E-state index is 0.115. The summed E-state index contributed by atoms with van der Waals surface area (Å²) >= 11 is 7.08. The smallest absolute Gasteiger partial charge is 0.207 e. The zero-order chi connectivity index (χ0) is 11.8. The van der Waals surface area contributed by atoms with Crippen molar-refractivity contribution in [3.8, 4) is 0 Å². The Morgan fingerprint density at radius 3 is 2.88 bits per heavy atom. The Labute approximate surface area is 105 Å². The van der Waals surface area contributed by atoms with Gasteiger partial charge in [0.1, 0.15) is 0 Å². The molecule has 6 heteroatoms. The second-order valence-electron chi connectivity index (χ2n) is 3.99. The summed E-state index contributed by atoms with van der Waals surface area (Å²) in [4.78, 5) is 1.29. The van der Waals surface area contributed by atoms with Gasteiger partial charge in [0.05, 0.1) is 10.8 Å². The topological polar surface area (TPSA) is 37.4 Å². The minimum Gasteiger partial charge on any atom is -0.207 e. The van der Waals surface area contributed by atoms with Crippen molar-refractivity contribution in [3.05, 3.63) is 16.3 Å². The average Bonchev–Trinajstić information content (AvgIpc) is 2.85. The molecule has 3 nitrogen and oxygen atoms in total. The van der Waals surface area contributed by atoms with Gasteiger partial charge in [0.15, 0.2) is 0 Å². The van der Waals surface area contributed by atoms with Crippen LogP contribution in [0.15, 0.2) is 16.3 Å². The Morgan fingerprint density at radius 1 is 1.62 bits per heavy atom. The maximum atomic E-state index is 12.3. The zero-order valence-electron chi connectivity index (χ0n) is 9.02. The van der Waals surface area contributed by atoms with Gasteiger partial charge in [-0.1, -0.05) is 0 Å². The Bertz CT molecular complexity index is 469. The highest BCUT2D eigenvalue weighted by Crippen LogP contribution is 2.28. The molecule has 2 heterocycles. The Morgan fingerprint density at radius 2 is 2.38 bits per heavy atom. The van der Waals surface area contributed by atoms with Crippen molar-refractivity contribution in [2.75, 3.05) is 6.54 Å². The van der Waals surface area contributed by atoms with E-state index < -0.39 is 10.0 Å². The lowest BCUT2D eigenvalue weighted by Crippen LogP contribution is -2.33. The van der Waals surface area contributed by atoms with Crippen LogP contribution in [0.4, 0.5) is 0 Å². The van der Waals surface area contributed by atoms with Crippen LogP contribution in [-0.4, -0.2) is 25.3 Å². The normalized spacial score (nSPS) is 22.8. The summed E-state index contributed by atoms with van der Waals surface area (Å²) in [5.41, 5.74) is 0. The SMILES string of the molecule is CC1CCCN1S(=O)(=O)c1csc(CCl)c1. The molecule has 2 rings (SSSR count). The van der Waals surface area contributed by atoms with Gasteiger partial charge in [-0.25, -0.2) is 8.42 Å². The van der Waals surface area contributed by atoms with Gasteiger partial charge in [-0.15, -0.1) is 22.9 Å². The first-order chi connectivity index (χ1) is 7.55. The summed E-state index contributed by atoms with van der Waals surface area (Å²) in [7, 11) is -3.29. The average molecular weight is 280 g/mol. The molecule has 0 radical (unpaired) electrons. The van der Waals surface area contributed by atoms with Crippen molar-refractivity contribution >= 4 is 33.0 Å². The largest absolute Gasteiger partial charge is 0.244 e. The Hall–Kier alpha value is -0.100. The molecule has 1 aromatic rings. The fraction of sp³-hybridized carbons (Fsp3) is 0.600. The molecule has 1 unspecified atom stereocenters. The highest BCUT2D eigenvalue weighted by molar-refractivity contribution is 7.89. The second kappa shape index (κ2) is 4.64. The van der Waals surface area contributed by atoms with Crippen molar-refractivity contribution in [1.82, 2.24) is 4.31 Å². The summed E-state index contributed by atoms with van der Waals surface area (Å²) in [6, 6.07) is 1.79. The molecule has 0 amide bonds. The summed E-state index contributed by atoms with van der Waals surface area (Å²) < 4.78 is 26.1. The van der Waals surface area contributed by atoms with Gasteiger partial charge < -0.3 is 0 Å². The fourth-order valence-corrected chi connectivity index (χ4v) is 5.04. The molecular formula is C10H14ClNO2S2. The third-order valence-corrected chi connectivity index (χ3v) is 6.38. The molecule has 90 valence electrons. The van der Waals surface area contributed by atoms with E-state index in [1.165, 1.54) is 11.3 Å². The number of rotatable bonds is 3. The quantitative estimate of drug-likeness (QED) is 0.798. The standard InChI is InChI=1S/C10H14ClNO2S2/c1-8-3-2-4-12(8)16(13,14)10-5-9(6-11)15-7-10/h5,7-8H,2-4,6H2,1H3. The molecule has 1 aliphatic rings. The molecular weight excluding hydrogens is 266 g/mol. The van der Waals surface area contributed by atoms with E-state index in [0.717, 1.165) is 17.7 Å². The van der Waals surface area contributed by atoms with E-state index >= 15 is 0 Å². The number of hydrogen-bond acceptors (Lipinski definition) is 3. The third-order valence-electron chi connectivity index (χ3n) is 2.86. The molecule has 1 fully saturated rings. The van der Waals surface area contributed by atoms with E-state index in [2.05, 4.69) is 0 Å². The number of nitrogens with zero attached hydrogens (tertiary/aromatic N) is 1. The number of sulfonamides is 1. The van der Waals surface area contributed by atoms with Crippen molar-refractivity contribution in [1.29, 1.82) is 0 Å². The monoisotopic (exact) mass is 279 g/mol. The van der Waals surface area contributed by atoms with Crippen molar-refractivity contribution in [2.24, 2.45) is 0 Å². The number of halogens is 1. The lowest BCUT2D eigenvalue weighted by Gasteiger charge is -2.19. The highest BCUT2D eigenvalue weighted by atomic mass is 35.5. The van der Waals surface area contributed by atoms with Crippen LogP contribution in [0.25, 0.3) is 0 Å². The molecule has 1 saturated heterocycles. The van der Waals surface area contributed by atoms with Crippen LogP contribution in [0.5, 0.6) is 0 Å². The zero-order valence-corrected chi connectivity index (χ0v) is 11.4. The van der Waals surface area contributed by atoms with Gasteiger partial charge >= 0.3 is 0 Å². The molecule has 0 bridgehead atoms. The van der Waals surface area contributed by atoms with Crippen molar-refractivity contribution in [2.45, 2.75) is 36.6 Å². The lowest BCUT2D eigenvalue weighted by atomic mass is 10.3. The van der Waals surface area contributed by atoms with E-state index in [9.17, 15) is 8.42 Å². The van der Waals surface area contributed by atoms with E-state index in [4.69, 9.17) is 11.6 Å². The van der Waals surface area contributed by atoms with Gasteiger partial charge in [0.2, 0.25) is 10.0 Å². The molecule has 0 spiro atoms. The fourth-order valence-electron chi connectivity index (χ4n) is 1.97. The van der Waals surface area contributed by atoms with Crippen LogP contribution in [-0.2, 0) is 15.9 Å². The van der Waals surface area contributed by atoms with Gasteiger partial charge in [-0.3, -0.25) is 0 Å². The van der Waals surface area contributed by atoms with E-state index in [1.54, 1.807) is 15.8 Å². The van der Waals surface area contributed by atoms with Gasteiger partial charge in [0.25, 0.3) is 0 Å². The van der Waals surface area contributed by atoms with Crippen LogP contribution in [0.1, 0.15) is 24.6 Å². The number of hydrogen-bond donors (Lipinski definition) is 0. The molecule has 0 aliphatic carbocycles. The predicted molar refractivity (Wildman–Crippen MR) is 66.5 cm³/mol. The molecule has 1 aliphatic heterocycles. The van der Waals surface area contributed by atoms with Crippen molar-refractivity contribution < 1.29 is 8.42 Å². The predicted octanol–water partition coefficient (Wildman–Crippen LogP) is 2.66. The molecule has 0 aromatic carbocycles. The van der Waals surface area contributed by atoms with Gasteiger partial charge in [0, 0.05) is 22.8 Å². The molecule has 1 aromatic heterocycles. The molecule has 16 heavy (non-hydrogen) atoms. The first kappa shape index (κ1) is 12.4. The number of alkyl halides is 1. The minimum atomic E-state index is -3.29. The van der Waals surface area contributed by atoms with E-state index in [0.29, 0.717) is 17.3 Å². The summed E-state index contributed by atoms with van der Waals surface area (Å²) in [6.45, 7) is 2.59. The van der Waals surface area contributed by atoms with Crippen LogP contribution in [0.3, 0.4) is 0 Å². The maximum Gasteiger partial charge on any atom is 0.244 e. The first-order valence-electron chi connectivity index (χ1n) is 5.21. The summed E-state index contributed by atoms with van der Waals surface area (Å²) in [6.07, 6.45) is 1.90. The van der Waals surface area contributed by atoms with Crippen molar-refractivity contribution in [3.63, 3.8) is 0 Å². The second-order valence-corrected chi connectivity index (χ2v) is 7.14. The molecule has 1 atom stereocenters. The van der Waals surface area contributed by atoms with Crippen LogP contribution < -0.4 is 0 Å². The van der Waals surface area contributed by atoms with Crippen LogP contribution in [0.2, 0.25) is 0 Å². The molecule has 0 saturated carbocycles. The first-order valence-corrected chi connectivity index (χ1v) is 8.06. The van der Waals surface area contributed by atoms with E-state index in [-0.39, 0.29) is 6.04 Å². The van der Waals surface area contributed by atoms with Crippen LogP contribution >= 0.6 is 22.9 Å². The Kier molecular flexibility index (Phi) is 3.59. The number of thiophene rings is 1. The maximum absolute atomic E-state index is 12.3. The summed E-state index contributed by atoms with van der Waals surface area (Å²) in [5.74, 6) is 0.371. The van der Waals surface area contributed by atoms with Gasteiger partial charge in [-0.05, 0) is 25.8 Å². The Balaban J connectivity index is 2.31.